The maximum atomic E-state index is 11.5. The zero-order valence-corrected chi connectivity index (χ0v) is 25.3. The van der Waals surface area contributed by atoms with Crippen LogP contribution in [0.5, 0.6) is 11.5 Å². The van der Waals surface area contributed by atoms with Crippen LogP contribution in [0.25, 0.3) is 11.1 Å². The number of rotatable bonds is 5. The molecular formula is C20H38O2S2Si4. The molecule has 8 heteroatoms. The molecule has 2 aromatic rings. The fourth-order valence-corrected chi connectivity index (χ4v) is 15.2. The monoisotopic (exact) mass is 486 g/mol. The van der Waals surface area contributed by atoms with Crippen LogP contribution in [-0.2, 0) is 0 Å². The Balaban J connectivity index is 3.04. The van der Waals surface area contributed by atoms with Gasteiger partial charge < -0.3 is 10.2 Å². The molecule has 2 aromatic heterocycles. The summed E-state index contributed by atoms with van der Waals surface area (Å²) in [5.74, 6) is 0.938. The molecule has 2 N–H and O–H groups in total. The minimum absolute atomic E-state index is 0.469. The van der Waals surface area contributed by atoms with E-state index < -0.39 is 32.3 Å². The first-order chi connectivity index (χ1) is 12.3. The van der Waals surface area contributed by atoms with Crippen LogP contribution in [-0.4, -0.2) is 42.5 Å². The van der Waals surface area contributed by atoms with E-state index in [-0.39, 0.29) is 0 Å². The van der Waals surface area contributed by atoms with Gasteiger partial charge in [-0.15, -0.1) is 0 Å². The number of hydrogen-bond acceptors (Lipinski definition) is 4. The van der Waals surface area contributed by atoms with Crippen LogP contribution < -0.4 is 18.0 Å². The van der Waals surface area contributed by atoms with E-state index in [1.54, 1.807) is 0 Å². The lowest BCUT2D eigenvalue weighted by Gasteiger charge is -2.21. The number of hydrogen-bond donors (Lipinski definition) is 2. The van der Waals surface area contributed by atoms with Gasteiger partial charge in [0.05, 0.1) is 32.3 Å². The summed E-state index contributed by atoms with van der Waals surface area (Å²) in [5.41, 5.74) is 1.97. The molecule has 0 bridgehead atoms. The van der Waals surface area contributed by atoms with Gasteiger partial charge >= 0.3 is 0 Å². The van der Waals surface area contributed by atoms with E-state index in [4.69, 9.17) is 0 Å². The highest BCUT2D eigenvalue weighted by molar-refractivity contribution is 7.38. The van der Waals surface area contributed by atoms with Crippen molar-refractivity contribution in [3.05, 3.63) is 0 Å². The summed E-state index contributed by atoms with van der Waals surface area (Å²) in [4.78, 5) is 0. The molecular weight excluding hydrogens is 449 g/mol. The first kappa shape index (κ1) is 24.1. The molecule has 0 atom stereocenters. The third kappa shape index (κ3) is 4.46. The summed E-state index contributed by atoms with van der Waals surface area (Å²) < 4.78 is 5.05. The lowest BCUT2D eigenvalue weighted by molar-refractivity contribution is 0.476. The summed E-state index contributed by atoms with van der Waals surface area (Å²) >= 11 is 3.67. The van der Waals surface area contributed by atoms with Gasteiger partial charge in [0, 0.05) is 29.1 Å². The van der Waals surface area contributed by atoms with E-state index in [0.717, 1.165) is 11.1 Å². The van der Waals surface area contributed by atoms with Crippen molar-refractivity contribution in [2.45, 2.75) is 78.6 Å². The molecule has 0 saturated heterocycles. The summed E-state index contributed by atoms with van der Waals surface area (Å²) in [7, 11) is -6.74. The Hall–Kier alpha value is -0.132. The normalized spacial score (nSPS) is 14.0. The molecule has 158 valence electrons. The Kier molecular flexibility index (Phi) is 6.23. The summed E-state index contributed by atoms with van der Waals surface area (Å²) in [6.45, 7) is 27.9. The number of thiophene rings is 2. The second-order valence-electron chi connectivity index (χ2n) is 12.0. The van der Waals surface area contributed by atoms with Gasteiger partial charge in [-0.1, -0.05) is 78.6 Å². The molecule has 0 aromatic carbocycles. The molecule has 0 aliphatic heterocycles. The van der Waals surface area contributed by atoms with Crippen LogP contribution in [0, 0.1) is 0 Å². The minimum atomic E-state index is -1.69. The SMILES string of the molecule is C[Si](C)(C)c1sc([Si](C)(C)C)c(-c2c([Si](C)(C)C)sc([Si](C)(C)C)c2O)c1O. The van der Waals surface area contributed by atoms with E-state index in [9.17, 15) is 10.2 Å². The average Bonchev–Trinajstić information content (AvgIpc) is 2.94. The smallest absolute Gasteiger partial charge is 0.133 e. The maximum absolute atomic E-state index is 11.5. The van der Waals surface area contributed by atoms with Gasteiger partial charge in [-0.3, -0.25) is 0 Å². The van der Waals surface area contributed by atoms with E-state index in [0.29, 0.717) is 11.5 Å². The van der Waals surface area contributed by atoms with Crippen molar-refractivity contribution in [1.29, 1.82) is 0 Å². The molecule has 0 radical (unpaired) electrons. The largest absolute Gasteiger partial charge is 0.507 e. The van der Waals surface area contributed by atoms with Crippen LogP contribution in [0.4, 0.5) is 0 Å². The molecule has 28 heavy (non-hydrogen) atoms. The molecule has 2 nitrogen and oxygen atoms in total. The van der Waals surface area contributed by atoms with Crippen molar-refractivity contribution in [1.82, 2.24) is 0 Å². The van der Waals surface area contributed by atoms with Crippen LogP contribution >= 0.6 is 22.7 Å². The molecule has 2 rings (SSSR count). The first-order valence-electron chi connectivity index (χ1n) is 10.0. The van der Waals surface area contributed by atoms with Gasteiger partial charge in [0.25, 0.3) is 0 Å². The molecule has 0 saturated carbocycles. The lowest BCUT2D eigenvalue weighted by Crippen LogP contribution is -2.40. The zero-order valence-electron chi connectivity index (χ0n) is 19.7. The maximum Gasteiger partial charge on any atom is 0.133 e. The van der Waals surface area contributed by atoms with Gasteiger partial charge in [-0.25, -0.2) is 0 Å². The van der Waals surface area contributed by atoms with Crippen molar-refractivity contribution in [2.24, 2.45) is 0 Å². The van der Waals surface area contributed by atoms with Crippen LogP contribution in [0.2, 0.25) is 78.6 Å². The summed E-state index contributed by atoms with van der Waals surface area (Å²) in [6.07, 6.45) is 0. The lowest BCUT2D eigenvalue weighted by atomic mass is 10.1. The van der Waals surface area contributed by atoms with Crippen molar-refractivity contribution in [3.63, 3.8) is 0 Å². The second-order valence-corrected chi connectivity index (χ2v) is 35.5. The fraction of sp³-hybridized carbons (Fsp3) is 0.600. The Bertz CT molecular complexity index is 812. The van der Waals surface area contributed by atoms with E-state index in [1.807, 2.05) is 22.7 Å². The van der Waals surface area contributed by atoms with Gasteiger partial charge in [-0.2, -0.15) is 22.7 Å². The van der Waals surface area contributed by atoms with Gasteiger partial charge in [0.1, 0.15) is 11.5 Å². The minimum Gasteiger partial charge on any atom is -0.507 e. The highest BCUT2D eigenvalue weighted by Crippen LogP contribution is 2.40. The third-order valence-electron chi connectivity index (χ3n) is 4.74. The predicted octanol–water partition coefficient (Wildman–Crippen LogP) is 5.07. The van der Waals surface area contributed by atoms with Crippen molar-refractivity contribution < 1.29 is 10.2 Å². The van der Waals surface area contributed by atoms with Crippen molar-refractivity contribution >= 4 is 73.0 Å². The van der Waals surface area contributed by atoms with Gasteiger partial charge in [0.2, 0.25) is 0 Å². The third-order valence-corrected chi connectivity index (χ3v) is 21.3. The molecule has 0 aliphatic carbocycles. The van der Waals surface area contributed by atoms with Gasteiger partial charge in [-0.05, 0) is 0 Å². The quantitative estimate of drug-likeness (QED) is 0.579. The Labute approximate surface area is 183 Å². The van der Waals surface area contributed by atoms with Crippen LogP contribution in [0.3, 0.4) is 0 Å². The fourth-order valence-electron chi connectivity index (χ4n) is 3.38. The average molecular weight is 487 g/mol. The molecule has 2 heterocycles. The standard InChI is InChI=1S/C20H38O2S2Si4/c1-25(2,3)17-13(15(21)19(23-17)27(7,8)9)14-16(22)20(28(10,11)12)24-18(14)26(4,5)6/h21-22H,1-12H3. The van der Waals surface area contributed by atoms with E-state index in [1.165, 1.54) is 18.0 Å². The van der Waals surface area contributed by atoms with E-state index >= 15 is 0 Å². The molecule has 0 fully saturated rings. The molecule has 0 amide bonds. The van der Waals surface area contributed by atoms with Gasteiger partial charge in [0.15, 0.2) is 0 Å². The second kappa shape index (κ2) is 7.23. The molecule has 0 unspecified atom stereocenters. The Morgan fingerprint density at radius 1 is 0.429 bits per heavy atom. The molecule has 0 spiro atoms. The van der Waals surface area contributed by atoms with Crippen molar-refractivity contribution in [3.8, 4) is 22.6 Å². The van der Waals surface area contributed by atoms with Crippen LogP contribution in [0.15, 0.2) is 0 Å². The summed E-state index contributed by atoms with van der Waals surface area (Å²) in [5, 5.41) is 23.0. The predicted molar refractivity (Wildman–Crippen MR) is 143 cm³/mol. The molecule has 0 aliphatic rings. The van der Waals surface area contributed by atoms with Crippen molar-refractivity contribution in [2.75, 3.05) is 0 Å². The summed E-state index contributed by atoms with van der Waals surface area (Å²) in [6, 6.07) is 0. The van der Waals surface area contributed by atoms with Crippen LogP contribution in [0.1, 0.15) is 0 Å². The highest BCUT2D eigenvalue weighted by Gasteiger charge is 2.39. The topological polar surface area (TPSA) is 40.5 Å². The van der Waals surface area contributed by atoms with E-state index in [2.05, 4.69) is 78.6 Å². The Morgan fingerprint density at radius 2 is 0.643 bits per heavy atom. The zero-order chi connectivity index (χ0) is 22.0. The number of aromatic hydroxyl groups is 2. The highest BCUT2D eigenvalue weighted by atomic mass is 32.1. The Morgan fingerprint density at radius 3 is 0.821 bits per heavy atom. The first-order valence-corrected chi connectivity index (χ1v) is 25.6.